The van der Waals surface area contributed by atoms with Crippen molar-refractivity contribution in [3.8, 4) is 0 Å². The maximum absolute atomic E-state index is 5.97. The van der Waals surface area contributed by atoms with Crippen LogP contribution in [0.3, 0.4) is 0 Å². The first-order valence-electron chi connectivity index (χ1n) is 6.11. The van der Waals surface area contributed by atoms with Crippen molar-refractivity contribution in [2.75, 3.05) is 33.4 Å². The van der Waals surface area contributed by atoms with Crippen molar-refractivity contribution in [2.24, 2.45) is 5.73 Å². The fraction of sp³-hybridized carbons (Fsp3) is 1.00. The van der Waals surface area contributed by atoms with Gasteiger partial charge in [-0.1, -0.05) is 13.8 Å². The number of nitrogens with two attached hydrogens (primary N) is 1. The zero-order valence-corrected chi connectivity index (χ0v) is 11.8. The predicted octanol–water partition coefficient (Wildman–Crippen LogP) is 1.57. The number of nitrogens with zero attached hydrogens (tertiary/aromatic N) is 1. The third-order valence-electron chi connectivity index (χ3n) is 3.47. The van der Waals surface area contributed by atoms with E-state index < -0.39 is 0 Å². The van der Waals surface area contributed by atoms with Crippen molar-refractivity contribution in [2.45, 2.75) is 43.2 Å². The van der Waals surface area contributed by atoms with Crippen LogP contribution in [0.4, 0.5) is 0 Å². The van der Waals surface area contributed by atoms with Crippen LogP contribution >= 0.6 is 11.8 Å². The molecule has 3 nitrogen and oxygen atoms in total. The SMILES string of the molecule is COCCC(C)(CN)N1CC(C)SC(C)C1. The van der Waals surface area contributed by atoms with Gasteiger partial charge in [-0.05, 0) is 13.3 Å². The first kappa shape index (κ1) is 14.3. The van der Waals surface area contributed by atoms with E-state index in [9.17, 15) is 0 Å². The third-order valence-corrected chi connectivity index (χ3v) is 4.69. The summed E-state index contributed by atoms with van der Waals surface area (Å²) in [6, 6.07) is 0. The molecular weight excluding hydrogens is 220 g/mol. The Bertz CT molecular complexity index is 205. The van der Waals surface area contributed by atoms with Crippen LogP contribution in [0.1, 0.15) is 27.2 Å². The van der Waals surface area contributed by atoms with E-state index in [0.717, 1.165) is 26.1 Å². The molecule has 3 atom stereocenters. The van der Waals surface area contributed by atoms with E-state index in [4.69, 9.17) is 10.5 Å². The maximum Gasteiger partial charge on any atom is 0.0480 e. The first-order valence-corrected chi connectivity index (χ1v) is 7.05. The second-order valence-electron chi connectivity index (χ2n) is 5.11. The van der Waals surface area contributed by atoms with Crippen molar-refractivity contribution < 1.29 is 4.74 Å². The van der Waals surface area contributed by atoms with Crippen LogP contribution < -0.4 is 5.73 Å². The van der Waals surface area contributed by atoms with Gasteiger partial charge in [0.25, 0.3) is 0 Å². The molecule has 1 aliphatic heterocycles. The van der Waals surface area contributed by atoms with Crippen LogP contribution in [0.15, 0.2) is 0 Å². The van der Waals surface area contributed by atoms with Gasteiger partial charge in [-0.3, -0.25) is 4.90 Å². The standard InChI is InChI=1S/C12H26N2OS/c1-10-7-14(8-11(2)16-10)12(3,9-13)5-6-15-4/h10-11H,5-9,13H2,1-4H3. The summed E-state index contributed by atoms with van der Waals surface area (Å²) in [5.41, 5.74) is 6.06. The summed E-state index contributed by atoms with van der Waals surface area (Å²) in [5, 5.41) is 1.41. The van der Waals surface area contributed by atoms with E-state index in [2.05, 4.69) is 37.4 Å². The van der Waals surface area contributed by atoms with Crippen molar-refractivity contribution in [1.82, 2.24) is 4.90 Å². The highest BCUT2D eigenvalue weighted by atomic mass is 32.2. The molecule has 1 heterocycles. The van der Waals surface area contributed by atoms with E-state index in [1.54, 1.807) is 7.11 Å². The van der Waals surface area contributed by atoms with Gasteiger partial charge in [0, 0.05) is 49.4 Å². The molecule has 3 unspecified atom stereocenters. The fourth-order valence-corrected chi connectivity index (χ4v) is 3.66. The van der Waals surface area contributed by atoms with Crippen LogP contribution in [-0.2, 0) is 4.74 Å². The molecule has 0 radical (unpaired) electrons. The molecule has 0 aliphatic carbocycles. The van der Waals surface area contributed by atoms with Crippen molar-refractivity contribution in [1.29, 1.82) is 0 Å². The van der Waals surface area contributed by atoms with Crippen LogP contribution in [-0.4, -0.2) is 54.3 Å². The average Bonchev–Trinajstić information content (AvgIpc) is 2.24. The fourth-order valence-electron chi connectivity index (χ4n) is 2.33. The third kappa shape index (κ3) is 3.62. The number of thioether (sulfide) groups is 1. The lowest BCUT2D eigenvalue weighted by Crippen LogP contribution is -2.57. The Morgan fingerprint density at radius 1 is 1.38 bits per heavy atom. The molecule has 96 valence electrons. The summed E-state index contributed by atoms with van der Waals surface area (Å²) in [5.74, 6) is 0. The smallest absolute Gasteiger partial charge is 0.0480 e. The predicted molar refractivity (Wildman–Crippen MR) is 72.0 cm³/mol. The molecule has 0 bridgehead atoms. The number of hydrogen-bond acceptors (Lipinski definition) is 4. The maximum atomic E-state index is 5.97. The topological polar surface area (TPSA) is 38.5 Å². The molecular formula is C12H26N2OS. The van der Waals surface area contributed by atoms with Crippen LogP contribution in [0.2, 0.25) is 0 Å². The number of ether oxygens (including phenoxy) is 1. The molecule has 1 aliphatic rings. The minimum absolute atomic E-state index is 0.0967. The van der Waals surface area contributed by atoms with E-state index >= 15 is 0 Å². The highest BCUT2D eigenvalue weighted by Crippen LogP contribution is 2.30. The van der Waals surface area contributed by atoms with E-state index in [-0.39, 0.29) is 5.54 Å². The van der Waals surface area contributed by atoms with Crippen molar-refractivity contribution in [3.05, 3.63) is 0 Å². The van der Waals surface area contributed by atoms with Crippen LogP contribution in [0, 0.1) is 0 Å². The number of rotatable bonds is 5. The zero-order chi connectivity index (χ0) is 12.2. The lowest BCUT2D eigenvalue weighted by atomic mass is 9.95. The molecule has 0 aromatic carbocycles. The Morgan fingerprint density at radius 3 is 2.38 bits per heavy atom. The lowest BCUT2D eigenvalue weighted by Gasteiger charge is -2.46. The summed E-state index contributed by atoms with van der Waals surface area (Å²) in [6.45, 7) is 10.7. The molecule has 1 saturated heterocycles. The molecule has 0 saturated carbocycles. The van der Waals surface area contributed by atoms with Gasteiger partial charge in [-0.25, -0.2) is 0 Å². The zero-order valence-electron chi connectivity index (χ0n) is 11.0. The summed E-state index contributed by atoms with van der Waals surface area (Å²) >= 11 is 2.08. The van der Waals surface area contributed by atoms with Gasteiger partial charge in [-0.15, -0.1) is 0 Å². The Labute approximate surface area is 104 Å². The van der Waals surface area contributed by atoms with E-state index in [1.807, 2.05) is 0 Å². The van der Waals surface area contributed by atoms with Crippen molar-refractivity contribution in [3.63, 3.8) is 0 Å². The molecule has 1 fully saturated rings. The summed E-state index contributed by atoms with van der Waals surface area (Å²) < 4.78 is 5.20. The lowest BCUT2D eigenvalue weighted by molar-refractivity contribution is 0.0671. The second-order valence-corrected chi connectivity index (χ2v) is 6.99. The molecule has 16 heavy (non-hydrogen) atoms. The normalized spacial score (nSPS) is 31.3. The highest BCUT2D eigenvalue weighted by molar-refractivity contribution is 8.00. The van der Waals surface area contributed by atoms with Gasteiger partial charge in [0.05, 0.1) is 0 Å². The van der Waals surface area contributed by atoms with Gasteiger partial charge in [0.1, 0.15) is 0 Å². The molecule has 4 heteroatoms. The van der Waals surface area contributed by atoms with Crippen LogP contribution in [0.5, 0.6) is 0 Å². The molecule has 0 aromatic rings. The first-order chi connectivity index (χ1) is 7.51. The van der Waals surface area contributed by atoms with Gasteiger partial charge < -0.3 is 10.5 Å². The summed E-state index contributed by atoms with van der Waals surface area (Å²) in [7, 11) is 1.76. The minimum atomic E-state index is 0.0967. The number of hydrogen-bond donors (Lipinski definition) is 1. The Kier molecular flexibility index (Phi) is 5.57. The Hall–Kier alpha value is 0.230. The van der Waals surface area contributed by atoms with Gasteiger partial charge in [0.15, 0.2) is 0 Å². The molecule has 0 amide bonds. The monoisotopic (exact) mass is 246 g/mol. The molecule has 2 N–H and O–H groups in total. The average molecular weight is 246 g/mol. The Morgan fingerprint density at radius 2 is 1.94 bits per heavy atom. The molecule has 1 rings (SSSR count). The molecule has 0 spiro atoms. The number of methoxy groups -OCH3 is 1. The summed E-state index contributed by atoms with van der Waals surface area (Å²) in [6.07, 6.45) is 1.02. The second kappa shape index (κ2) is 6.24. The largest absolute Gasteiger partial charge is 0.385 e. The highest BCUT2D eigenvalue weighted by Gasteiger charge is 2.35. The Balaban J connectivity index is 2.63. The van der Waals surface area contributed by atoms with E-state index in [0.29, 0.717) is 17.0 Å². The van der Waals surface area contributed by atoms with Crippen LogP contribution in [0.25, 0.3) is 0 Å². The van der Waals surface area contributed by atoms with Crippen molar-refractivity contribution >= 4 is 11.8 Å². The minimum Gasteiger partial charge on any atom is -0.385 e. The van der Waals surface area contributed by atoms with Gasteiger partial charge in [0.2, 0.25) is 0 Å². The quantitative estimate of drug-likeness (QED) is 0.799. The van der Waals surface area contributed by atoms with E-state index in [1.165, 1.54) is 0 Å². The molecule has 0 aromatic heterocycles. The van der Waals surface area contributed by atoms with Gasteiger partial charge in [-0.2, -0.15) is 11.8 Å². The summed E-state index contributed by atoms with van der Waals surface area (Å²) in [4.78, 5) is 2.55. The van der Waals surface area contributed by atoms with Gasteiger partial charge >= 0.3 is 0 Å².